The molecule has 1 aromatic heterocycles. The van der Waals surface area contributed by atoms with Crippen molar-refractivity contribution in [3.8, 4) is 0 Å². The maximum Gasteiger partial charge on any atom is 0.274 e. The molecule has 0 atom stereocenters. The van der Waals surface area contributed by atoms with Gasteiger partial charge in [-0.25, -0.2) is 0 Å². The fraction of sp³-hybridized carbons (Fsp3) is 0.333. The molecule has 0 fully saturated rings. The molecule has 0 spiro atoms. The van der Waals surface area contributed by atoms with E-state index in [0.717, 1.165) is 10.9 Å². The summed E-state index contributed by atoms with van der Waals surface area (Å²) in [5.41, 5.74) is 1.41. The molecule has 1 amide bonds. The molecule has 16 heavy (non-hydrogen) atoms. The number of hydrogen-bond donors (Lipinski definition) is 1. The van der Waals surface area contributed by atoms with E-state index < -0.39 is 0 Å². The minimum Gasteiger partial charge on any atom is -0.338 e. The van der Waals surface area contributed by atoms with Gasteiger partial charge in [-0.15, -0.1) is 0 Å². The number of rotatable bonds is 3. The van der Waals surface area contributed by atoms with E-state index in [1.165, 1.54) is 0 Å². The number of aromatic amines is 1. The second-order valence-electron chi connectivity index (χ2n) is 3.60. The van der Waals surface area contributed by atoms with Crippen LogP contribution in [0.5, 0.6) is 0 Å². The highest BCUT2D eigenvalue weighted by Gasteiger charge is 2.17. The highest BCUT2D eigenvalue weighted by atomic mass is 16.2. The fourth-order valence-electron chi connectivity index (χ4n) is 1.79. The number of nitrogens with one attached hydrogen (secondary N) is 1. The summed E-state index contributed by atoms with van der Waals surface area (Å²) < 4.78 is 0. The molecule has 0 unspecified atom stereocenters. The van der Waals surface area contributed by atoms with Gasteiger partial charge in [-0.3, -0.25) is 9.89 Å². The number of carbonyl (C=O) groups excluding carboxylic acids is 1. The lowest BCUT2D eigenvalue weighted by Crippen LogP contribution is -2.30. The third kappa shape index (κ3) is 1.66. The molecule has 0 saturated carbocycles. The monoisotopic (exact) mass is 217 g/mol. The molecule has 0 saturated heterocycles. The molecule has 0 bridgehead atoms. The molecule has 1 N–H and O–H groups in total. The molecule has 84 valence electrons. The van der Waals surface area contributed by atoms with Crippen LogP contribution in [0, 0.1) is 0 Å². The molecular formula is C12H15N3O. The van der Waals surface area contributed by atoms with Crippen molar-refractivity contribution in [3.05, 3.63) is 30.0 Å². The van der Waals surface area contributed by atoms with Crippen LogP contribution in [-0.4, -0.2) is 34.1 Å². The van der Waals surface area contributed by atoms with Crippen molar-refractivity contribution in [2.45, 2.75) is 13.8 Å². The van der Waals surface area contributed by atoms with Crippen LogP contribution in [0.3, 0.4) is 0 Å². The molecular weight excluding hydrogens is 202 g/mol. The molecule has 0 aliphatic rings. The quantitative estimate of drug-likeness (QED) is 0.855. The predicted octanol–water partition coefficient (Wildman–Crippen LogP) is 2.04. The number of para-hydroxylation sites is 1. The number of amides is 1. The zero-order chi connectivity index (χ0) is 11.5. The Bertz CT molecular complexity index is 500. The van der Waals surface area contributed by atoms with Gasteiger partial charge in [0, 0.05) is 18.5 Å². The van der Waals surface area contributed by atoms with E-state index in [0.29, 0.717) is 18.8 Å². The number of nitrogens with zero attached hydrogens (tertiary/aromatic N) is 2. The molecule has 0 radical (unpaired) electrons. The Morgan fingerprint density at radius 3 is 2.69 bits per heavy atom. The van der Waals surface area contributed by atoms with Crippen LogP contribution in [0.25, 0.3) is 10.9 Å². The smallest absolute Gasteiger partial charge is 0.274 e. The van der Waals surface area contributed by atoms with E-state index in [4.69, 9.17) is 0 Å². The van der Waals surface area contributed by atoms with Gasteiger partial charge < -0.3 is 4.90 Å². The minimum absolute atomic E-state index is 0.0116. The van der Waals surface area contributed by atoms with Gasteiger partial charge in [0.2, 0.25) is 0 Å². The first-order valence-corrected chi connectivity index (χ1v) is 5.50. The van der Waals surface area contributed by atoms with Gasteiger partial charge in [-0.1, -0.05) is 18.2 Å². The third-order valence-corrected chi connectivity index (χ3v) is 2.72. The molecule has 1 heterocycles. The summed E-state index contributed by atoms with van der Waals surface area (Å²) in [4.78, 5) is 13.9. The van der Waals surface area contributed by atoms with Crippen molar-refractivity contribution in [1.82, 2.24) is 15.1 Å². The summed E-state index contributed by atoms with van der Waals surface area (Å²) in [6, 6.07) is 7.67. The number of carbonyl (C=O) groups is 1. The van der Waals surface area contributed by atoms with Crippen LogP contribution < -0.4 is 0 Å². The molecule has 4 heteroatoms. The van der Waals surface area contributed by atoms with E-state index >= 15 is 0 Å². The van der Waals surface area contributed by atoms with Gasteiger partial charge in [0.05, 0.1) is 5.52 Å². The Morgan fingerprint density at radius 2 is 2.00 bits per heavy atom. The van der Waals surface area contributed by atoms with Crippen LogP contribution in [0.1, 0.15) is 24.3 Å². The summed E-state index contributed by atoms with van der Waals surface area (Å²) in [6.07, 6.45) is 0. The van der Waals surface area contributed by atoms with E-state index in [2.05, 4.69) is 10.2 Å². The second-order valence-corrected chi connectivity index (χ2v) is 3.60. The summed E-state index contributed by atoms with van der Waals surface area (Å²) in [5.74, 6) is -0.0116. The summed E-state index contributed by atoms with van der Waals surface area (Å²) in [6.45, 7) is 5.35. The van der Waals surface area contributed by atoms with Crippen LogP contribution in [0.15, 0.2) is 24.3 Å². The molecule has 4 nitrogen and oxygen atoms in total. The lowest BCUT2D eigenvalue weighted by atomic mass is 10.2. The van der Waals surface area contributed by atoms with Crippen LogP contribution in [-0.2, 0) is 0 Å². The zero-order valence-corrected chi connectivity index (χ0v) is 9.53. The first-order valence-electron chi connectivity index (χ1n) is 5.50. The summed E-state index contributed by atoms with van der Waals surface area (Å²) >= 11 is 0. The maximum absolute atomic E-state index is 12.1. The topological polar surface area (TPSA) is 49.0 Å². The Hall–Kier alpha value is -1.84. The van der Waals surface area contributed by atoms with Crippen molar-refractivity contribution >= 4 is 16.8 Å². The zero-order valence-electron chi connectivity index (χ0n) is 9.53. The fourth-order valence-corrected chi connectivity index (χ4v) is 1.79. The van der Waals surface area contributed by atoms with Crippen LogP contribution in [0.2, 0.25) is 0 Å². The average Bonchev–Trinajstić information content (AvgIpc) is 2.74. The van der Waals surface area contributed by atoms with Gasteiger partial charge in [0.15, 0.2) is 5.69 Å². The average molecular weight is 217 g/mol. The molecule has 2 rings (SSSR count). The number of aromatic nitrogens is 2. The lowest BCUT2D eigenvalue weighted by Gasteiger charge is -2.16. The Morgan fingerprint density at radius 1 is 1.31 bits per heavy atom. The maximum atomic E-state index is 12.1. The molecule has 0 aliphatic carbocycles. The van der Waals surface area contributed by atoms with Gasteiger partial charge in [0.1, 0.15) is 0 Å². The molecule has 0 aliphatic heterocycles. The van der Waals surface area contributed by atoms with Crippen LogP contribution in [0.4, 0.5) is 0 Å². The van der Waals surface area contributed by atoms with Gasteiger partial charge >= 0.3 is 0 Å². The van der Waals surface area contributed by atoms with E-state index in [-0.39, 0.29) is 5.91 Å². The van der Waals surface area contributed by atoms with Crippen LogP contribution >= 0.6 is 0 Å². The van der Waals surface area contributed by atoms with E-state index in [1.54, 1.807) is 4.90 Å². The summed E-state index contributed by atoms with van der Waals surface area (Å²) in [5, 5.41) is 7.86. The number of H-pyrrole nitrogens is 1. The van der Waals surface area contributed by atoms with Crippen molar-refractivity contribution in [2.75, 3.05) is 13.1 Å². The minimum atomic E-state index is -0.0116. The Labute approximate surface area is 94.3 Å². The third-order valence-electron chi connectivity index (χ3n) is 2.72. The van der Waals surface area contributed by atoms with Gasteiger partial charge in [0.25, 0.3) is 5.91 Å². The highest BCUT2D eigenvalue weighted by molar-refractivity contribution is 6.04. The molecule has 2 aromatic rings. The Balaban J connectivity index is 2.43. The normalized spacial score (nSPS) is 10.6. The van der Waals surface area contributed by atoms with Gasteiger partial charge in [-0.2, -0.15) is 5.10 Å². The Kier molecular flexibility index (Phi) is 2.90. The molecule has 1 aromatic carbocycles. The van der Waals surface area contributed by atoms with Crippen molar-refractivity contribution in [1.29, 1.82) is 0 Å². The lowest BCUT2D eigenvalue weighted by molar-refractivity contribution is 0.0769. The van der Waals surface area contributed by atoms with Crippen molar-refractivity contribution < 1.29 is 4.79 Å². The predicted molar refractivity (Wildman–Crippen MR) is 63.3 cm³/mol. The number of benzene rings is 1. The highest BCUT2D eigenvalue weighted by Crippen LogP contribution is 2.16. The van der Waals surface area contributed by atoms with Crippen molar-refractivity contribution in [2.24, 2.45) is 0 Å². The van der Waals surface area contributed by atoms with E-state index in [1.807, 2.05) is 38.1 Å². The van der Waals surface area contributed by atoms with Gasteiger partial charge in [-0.05, 0) is 19.9 Å². The number of hydrogen-bond acceptors (Lipinski definition) is 2. The summed E-state index contributed by atoms with van der Waals surface area (Å²) in [7, 11) is 0. The standard InChI is InChI=1S/C12H15N3O/c1-3-15(4-2)12(16)11-9-7-5-6-8-10(9)13-14-11/h5-8H,3-4H2,1-2H3,(H,13,14). The number of fused-ring (bicyclic) bond motifs is 1. The SMILES string of the molecule is CCN(CC)C(=O)c1n[nH]c2ccccc12. The first-order chi connectivity index (χ1) is 7.77. The first kappa shape index (κ1) is 10.7. The van der Waals surface area contributed by atoms with E-state index in [9.17, 15) is 4.79 Å². The van der Waals surface area contributed by atoms with Crippen molar-refractivity contribution in [3.63, 3.8) is 0 Å². The second kappa shape index (κ2) is 4.35. The largest absolute Gasteiger partial charge is 0.338 e.